The number of nitrogens with zero attached hydrogens (tertiary/aromatic N) is 2. The highest BCUT2D eigenvalue weighted by molar-refractivity contribution is 7.92. The number of sulfonamides is 1. The van der Waals surface area contributed by atoms with Crippen molar-refractivity contribution < 1.29 is 22.7 Å². The second kappa shape index (κ2) is 9.13. The molecule has 2 heterocycles. The summed E-state index contributed by atoms with van der Waals surface area (Å²) in [6, 6.07) is 13.4. The Bertz CT molecular complexity index is 1130. The molecule has 2 aromatic carbocycles. The highest BCUT2D eigenvalue weighted by Crippen LogP contribution is 2.47. The van der Waals surface area contributed by atoms with Gasteiger partial charge in [0, 0.05) is 31.6 Å². The summed E-state index contributed by atoms with van der Waals surface area (Å²) >= 11 is 0. The van der Waals surface area contributed by atoms with E-state index < -0.39 is 10.0 Å². The zero-order valence-electron chi connectivity index (χ0n) is 19.3. The number of carbonyl (C=O) groups excluding carboxylic acids is 1. The van der Waals surface area contributed by atoms with Gasteiger partial charge in [-0.3, -0.25) is 4.31 Å². The van der Waals surface area contributed by atoms with E-state index in [-0.39, 0.29) is 11.4 Å². The lowest BCUT2D eigenvalue weighted by Crippen LogP contribution is -2.50. The van der Waals surface area contributed by atoms with Crippen molar-refractivity contribution in [1.82, 2.24) is 10.2 Å². The van der Waals surface area contributed by atoms with Crippen LogP contribution in [0.25, 0.3) is 0 Å². The molecule has 1 saturated heterocycles. The maximum Gasteiger partial charge on any atom is 0.317 e. The molecule has 0 bridgehead atoms. The fourth-order valence-electron chi connectivity index (χ4n) is 4.91. The normalized spacial score (nSPS) is 17.1. The number of likely N-dealkylation sites (tertiary alicyclic amines) is 1. The van der Waals surface area contributed by atoms with Crippen LogP contribution in [-0.2, 0) is 21.9 Å². The van der Waals surface area contributed by atoms with E-state index in [1.807, 2.05) is 47.4 Å². The Morgan fingerprint density at radius 1 is 1.06 bits per heavy atom. The zero-order chi connectivity index (χ0) is 23.6. The highest BCUT2D eigenvalue weighted by atomic mass is 32.2. The number of para-hydroxylation sites is 1. The molecule has 0 radical (unpaired) electrons. The molecule has 0 aromatic heterocycles. The topological polar surface area (TPSA) is 88.2 Å². The summed E-state index contributed by atoms with van der Waals surface area (Å²) in [6.07, 6.45) is 3.41. The van der Waals surface area contributed by atoms with Crippen molar-refractivity contribution >= 4 is 21.7 Å². The number of nitrogens with one attached hydrogen (secondary N) is 1. The van der Waals surface area contributed by atoms with Crippen LogP contribution in [0, 0.1) is 0 Å². The Labute approximate surface area is 195 Å². The van der Waals surface area contributed by atoms with E-state index in [2.05, 4.69) is 5.32 Å². The van der Waals surface area contributed by atoms with Gasteiger partial charge < -0.3 is 19.7 Å². The molecule has 178 valence electrons. The zero-order valence-corrected chi connectivity index (χ0v) is 20.2. The number of urea groups is 1. The average molecular weight is 474 g/mol. The summed E-state index contributed by atoms with van der Waals surface area (Å²) in [5, 5.41) is 3.01. The molecule has 2 aliphatic heterocycles. The minimum absolute atomic E-state index is 0.0865. The van der Waals surface area contributed by atoms with Crippen LogP contribution in [0.15, 0.2) is 42.5 Å². The minimum atomic E-state index is -3.35. The first-order valence-corrected chi connectivity index (χ1v) is 12.9. The van der Waals surface area contributed by atoms with Crippen molar-refractivity contribution in [2.45, 2.75) is 24.7 Å². The lowest BCUT2D eigenvalue weighted by atomic mass is 9.74. The molecule has 4 rings (SSSR count). The maximum absolute atomic E-state index is 12.7. The molecule has 2 amide bonds. The molecule has 2 aliphatic rings. The third-order valence-corrected chi connectivity index (χ3v) is 7.86. The van der Waals surface area contributed by atoms with E-state index in [0.29, 0.717) is 44.1 Å². The van der Waals surface area contributed by atoms with Gasteiger partial charge in [0.05, 0.1) is 26.2 Å². The van der Waals surface area contributed by atoms with Crippen molar-refractivity contribution in [2.75, 3.05) is 51.0 Å². The number of ether oxygens (including phenoxy) is 2. The summed E-state index contributed by atoms with van der Waals surface area (Å²) in [4.78, 5) is 14.6. The monoisotopic (exact) mass is 473 g/mol. The van der Waals surface area contributed by atoms with Crippen LogP contribution in [-0.4, -0.2) is 66.0 Å². The van der Waals surface area contributed by atoms with Gasteiger partial charge >= 0.3 is 6.03 Å². The van der Waals surface area contributed by atoms with Gasteiger partial charge in [-0.15, -0.1) is 0 Å². The van der Waals surface area contributed by atoms with Gasteiger partial charge in [0.1, 0.15) is 0 Å². The molecular weight excluding hydrogens is 442 g/mol. The van der Waals surface area contributed by atoms with Gasteiger partial charge in [-0.1, -0.05) is 24.3 Å². The number of hydrogen-bond donors (Lipinski definition) is 1. The lowest BCUT2D eigenvalue weighted by molar-refractivity contribution is 0.162. The molecule has 1 fully saturated rings. The summed E-state index contributed by atoms with van der Waals surface area (Å²) in [6.45, 7) is 2.14. The number of rotatable bonds is 6. The van der Waals surface area contributed by atoms with Crippen molar-refractivity contribution in [3.05, 3.63) is 53.6 Å². The van der Waals surface area contributed by atoms with Crippen LogP contribution in [0.3, 0.4) is 0 Å². The molecule has 9 heteroatoms. The second-order valence-corrected chi connectivity index (χ2v) is 10.6. The first kappa shape index (κ1) is 23.2. The number of piperidine rings is 1. The van der Waals surface area contributed by atoms with Crippen molar-refractivity contribution in [1.29, 1.82) is 0 Å². The molecule has 1 spiro atoms. The van der Waals surface area contributed by atoms with Crippen LogP contribution in [0.2, 0.25) is 0 Å². The molecule has 1 N–H and O–H groups in total. The molecule has 0 unspecified atom stereocenters. The van der Waals surface area contributed by atoms with Gasteiger partial charge in [0.2, 0.25) is 10.0 Å². The number of hydrogen-bond acceptors (Lipinski definition) is 5. The second-order valence-electron chi connectivity index (χ2n) is 8.73. The molecule has 2 aromatic rings. The van der Waals surface area contributed by atoms with Crippen molar-refractivity contribution in [3.63, 3.8) is 0 Å². The van der Waals surface area contributed by atoms with Gasteiger partial charge in [-0.05, 0) is 48.6 Å². The molecule has 0 aliphatic carbocycles. The number of fused-ring (bicyclic) bond motifs is 2. The fourth-order valence-corrected chi connectivity index (χ4v) is 5.91. The Balaban J connectivity index is 1.34. The van der Waals surface area contributed by atoms with Gasteiger partial charge in [-0.2, -0.15) is 0 Å². The number of benzene rings is 2. The first-order valence-electron chi connectivity index (χ1n) is 11.1. The average Bonchev–Trinajstić information content (AvgIpc) is 3.14. The Morgan fingerprint density at radius 3 is 2.42 bits per heavy atom. The number of anilines is 1. The van der Waals surface area contributed by atoms with E-state index >= 15 is 0 Å². The summed E-state index contributed by atoms with van der Waals surface area (Å²) in [7, 11) is -0.143. The van der Waals surface area contributed by atoms with Gasteiger partial charge in [0.25, 0.3) is 0 Å². The number of methoxy groups -OCH3 is 2. The SMILES string of the molecule is COc1ccc(CCNC(=O)N2CCC3(CC2)CN(S(C)(=O)=O)c2ccccc23)cc1OC. The van der Waals surface area contributed by atoms with E-state index in [9.17, 15) is 13.2 Å². The first-order chi connectivity index (χ1) is 15.8. The Hall–Kier alpha value is -2.94. The maximum atomic E-state index is 12.7. The summed E-state index contributed by atoms with van der Waals surface area (Å²) < 4.78 is 36.8. The smallest absolute Gasteiger partial charge is 0.317 e. The standard InChI is InChI=1S/C24H31N3O5S/c1-31-21-9-8-18(16-22(21)32-2)10-13-25-23(28)26-14-11-24(12-15-26)17-27(33(3,29)30)20-7-5-4-6-19(20)24/h4-9,16H,10-15,17H2,1-3H3,(H,25,28). The van der Waals surface area contributed by atoms with E-state index in [1.165, 1.54) is 10.6 Å². The summed E-state index contributed by atoms with van der Waals surface area (Å²) in [5.74, 6) is 1.35. The highest BCUT2D eigenvalue weighted by Gasteiger charge is 2.47. The molecule has 0 atom stereocenters. The fraction of sp³-hybridized carbons (Fsp3) is 0.458. The van der Waals surface area contributed by atoms with E-state index in [4.69, 9.17) is 9.47 Å². The predicted molar refractivity (Wildman–Crippen MR) is 128 cm³/mol. The lowest BCUT2D eigenvalue weighted by Gasteiger charge is -2.39. The van der Waals surface area contributed by atoms with Gasteiger partial charge in [0.15, 0.2) is 11.5 Å². The van der Waals surface area contributed by atoms with E-state index in [0.717, 1.165) is 29.7 Å². The quantitative estimate of drug-likeness (QED) is 0.697. The molecule has 33 heavy (non-hydrogen) atoms. The molecular formula is C24H31N3O5S. The van der Waals surface area contributed by atoms with Crippen molar-refractivity contribution in [3.8, 4) is 11.5 Å². The summed E-state index contributed by atoms with van der Waals surface area (Å²) in [5.41, 5.74) is 2.65. The van der Waals surface area contributed by atoms with E-state index in [1.54, 1.807) is 14.2 Å². The van der Waals surface area contributed by atoms with Crippen LogP contribution in [0.1, 0.15) is 24.0 Å². The Kier molecular flexibility index (Phi) is 6.43. The predicted octanol–water partition coefficient (Wildman–Crippen LogP) is 2.77. The van der Waals surface area contributed by atoms with Crippen LogP contribution in [0.4, 0.5) is 10.5 Å². The number of carbonyl (C=O) groups is 1. The largest absolute Gasteiger partial charge is 0.493 e. The minimum Gasteiger partial charge on any atom is -0.493 e. The van der Waals surface area contributed by atoms with Gasteiger partial charge in [-0.25, -0.2) is 13.2 Å². The molecule has 0 saturated carbocycles. The Morgan fingerprint density at radius 2 is 1.76 bits per heavy atom. The van der Waals surface area contributed by atoms with Crippen LogP contribution < -0.4 is 19.1 Å². The third kappa shape index (κ3) is 4.59. The third-order valence-electron chi connectivity index (χ3n) is 6.74. The van der Waals surface area contributed by atoms with Crippen molar-refractivity contribution in [2.24, 2.45) is 0 Å². The van der Waals surface area contributed by atoms with Crippen LogP contribution >= 0.6 is 0 Å². The molecule has 8 nitrogen and oxygen atoms in total. The van der Waals surface area contributed by atoms with Crippen LogP contribution in [0.5, 0.6) is 11.5 Å². The number of amides is 2.